The Labute approximate surface area is 125 Å². The predicted molar refractivity (Wildman–Crippen MR) is 78.6 cm³/mol. The van der Waals surface area contributed by atoms with Gasteiger partial charge in [-0.1, -0.05) is 12.1 Å². The molecule has 0 N–H and O–H groups in total. The smallest absolute Gasteiger partial charge is 0.321 e. The van der Waals surface area contributed by atoms with Crippen LogP contribution >= 0.6 is 0 Å². The lowest BCUT2D eigenvalue weighted by Gasteiger charge is -2.20. The number of hydrogen-bond acceptors (Lipinski definition) is 5. The van der Waals surface area contributed by atoms with Gasteiger partial charge in [0.2, 0.25) is 10.0 Å². The summed E-state index contributed by atoms with van der Waals surface area (Å²) in [6.45, 7) is 5.02. The van der Waals surface area contributed by atoms with Crippen LogP contribution in [0.4, 0.5) is 0 Å². The minimum absolute atomic E-state index is 0.0123. The molecule has 6 nitrogen and oxygen atoms in total. The summed E-state index contributed by atoms with van der Waals surface area (Å²) in [5.74, 6) is -0.184. The Morgan fingerprint density at radius 3 is 2.71 bits per heavy atom. The molecule has 1 aromatic rings. The first-order valence-electron chi connectivity index (χ1n) is 6.36. The minimum Gasteiger partial charge on any atom is -0.497 e. The van der Waals surface area contributed by atoms with Gasteiger partial charge >= 0.3 is 5.97 Å². The summed E-state index contributed by atoms with van der Waals surface area (Å²) >= 11 is 0. The van der Waals surface area contributed by atoms with Gasteiger partial charge in [-0.05, 0) is 19.1 Å². The van der Waals surface area contributed by atoms with Gasteiger partial charge in [0.1, 0.15) is 12.3 Å². The highest BCUT2D eigenvalue weighted by atomic mass is 32.2. The molecule has 0 aliphatic heterocycles. The van der Waals surface area contributed by atoms with E-state index in [1.165, 1.54) is 25.3 Å². The van der Waals surface area contributed by atoms with Crippen LogP contribution in [0.2, 0.25) is 0 Å². The fraction of sp³-hybridized carbons (Fsp3) is 0.357. The zero-order valence-electron chi connectivity index (χ0n) is 12.1. The van der Waals surface area contributed by atoms with Gasteiger partial charge in [0, 0.05) is 12.6 Å². The van der Waals surface area contributed by atoms with E-state index in [2.05, 4.69) is 6.58 Å². The predicted octanol–water partition coefficient (Wildman–Crippen LogP) is 1.43. The van der Waals surface area contributed by atoms with Crippen LogP contribution in [0.25, 0.3) is 0 Å². The van der Waals surface area contributed by atoms with E-state index in [4.69, 9.17) is 9.47 Å². The van der Waals surface area contributed by atoms with Crippen molar-refractivity contribution in [2.24, 2.45) is 0 Å². The number of carbonyl (C=O) groups is 1. The van der Waals surface area contributed by atoms with Crippen LogP contribution in [0, 0.1) is 0 Å². The molecule has 7 heteroatoms. The zero-order valence-corrected chi connectivity index (χ0v) is 12.9. The van der Waals surface area contributed by atoms with Crippen molar-refractivity contribution in [3.8, 4) is 5.75 Å². The third-order valence-corrected chi connectivity index (χ3v) is 4.43. The van der Waals surface area contributed by atoms with Gasteiger partial charge in [0.15, 0.2) is 0 Å². The van der Waals surface area contributed by atoms with E-state index < -0.39 is 16.0 Å². The highest BCUT2D eigenvalue weighted by Crippen LogP contribution is 2.20. The molecule has 0 saturated heterocycles. The molecular weight excluding hydrogens is 294 g/mol. The van der Waals surface area contributed by atoms with Crippen LogP contribution in [0.15, 0.2) is 41.8 Å². The quantitative estimate of drug-likeness (QED) is 0.536. The van der Waals surface area contributed by atoms with Crippen LogP contribution in [-0.2, 0) is 19.6 Å². The summed E-state index contributed by atoms with van der Waals surface area (Å²) in [5.41, 5.74) is 0. The summed E-state index contributed by atoms with van der Waals surface area (Å²) in [7, 11) is -2.38. The molecule has 0 fully saturated rings. The Bertz CT molecular complexity index is 597. The maximum atomic E-state index is 12.5. The average Bonchev–Trinajstić information content (AvgIpc) is 2.47. The van der Waals surface area contributed by atoms with E-state index in [1.54, 1.807) is 19.1 Å². The molecule has 0 aromatic heterocycles. The fourth-order valence-electron chi connectivity index (χ4n) is 1.65. The number of sulfonamides is 1. The van der Waals surface area contributed by atoms with Crippen molar-refractivity contribution in [1.82, 2.24) is 4.31 Å². The number of esters is 1. The molecule has 0 bridgehead atoms. The summed E-state index contributed by atoms with van der Waals surface area (Å²) in [6, 6.07) is 6.06. The molecule has 1 rings (SSSR count). The van der Waals surface area contributed by atoms with Crippen molar-refractivity contribution in [3.05, 3.63) is 36.9 Å². The van der Waals surface area contributed by atoms with E-state index in [0.29, 0.717) is 5.75 Å². The van der Waals surface area contributed by atoms with E-state index in [-0.39, 0.29) is 24.6 Å². The lowest BCUT2D eigenvalue weighted by molar-refractivity contribution is -0.143. The van der Waals surface area contributed by atoms with Gasteiger partial charge in [-0.25, -0.2) is 8.42 Å². The summed E-state index contributed by atoms with van der Waals surface area (Å²) in [5, 5.41) is 0. The topological polar surface area (TPSA) is 72.9 Å². The summed E-state index contributed by atoms with van der Waals surface area (Å²) in [4.78, 5) is 11.6. The van der Waals surface area contributed by atoms with Gasteiger partial charge in [-0.2, -0.15) is 4.31 Å². The number of rotatable bonds is 8. The zero-order chi connectivity index (χ0) is 15.9. The molecule has 21 heavy (non-hydrogen) atoms. The molecule has 0 heterocycles. The standard InChI is InChI=1S/C14H19NO5S/c1-4-9-15(11-14(16)20-5-2)21(17,18)13-8-6-7-12(10-13)19-3/h4,6-8,10H,1,5,9,11H2,2-3H3. The first kappa shape index (κ1) is 17.2. The highest BCUT2D eigenvalue weighted by Gasteiger charge is 2.26. The number of nitrogens with zero attached hydrogens (tertiary/aromatic N) is 1. The Morgan fingerprint density at radius 2 is 2.14 bits per heavy atom. The van der Waals surface area contributed by atoms with Crippen molar-refractivity contribution >= 4 is 16.0 Å². The van der Waals surface area contributed by atoms with Gasteiger partial charge < -0.3 is 9.47 Å². The monoisotopic (exact) mass is 313 g/mol. The first-order chi connectivity index (χ1) is 9.95. The van der Waals surface area contributed by atoms with Crippen molar-refractivity contribution in [2.75, 3.05) is 26.8 Å². The summed E-state index contributed by atoms with van der Waals surface area (Å²) in [6.07, 6.45) is 1.41. The van der Waals surface area contributed by atoms with Crippen LogP contribution in [-0.4, -0.2) is 45.5 Å². The minimum atomic E-state index is -3.83. The SMILES string of the molecule is C=CCN(CC(=O)OCC)S(=O)(=O)c1cccc(OC)c1. The molecule has 0 spiro atoms. The molecule has 0 atom stereocenters. The third kappa shape index (κ3) is 4.57. The molecule has 0 unspecified atom stereocenters. The Morgan fingerprint density at radius 1 is 1.43 bits per heavy atom. The summed E-state index contributed by atoms with van der Waals surface area (Å²) < 4.78 is 35.9. The van der Waals surface area contributed by atoms with Crippen LogP contribution in [0.3, 0.4) is 0 Å². The van der Waals surface area contributed by atoms with E-state index in [0.717, 1.165) is 4.31 Å². The second-order valence-electron chi connectivity index (χ2n) is 4.07. The fourth-order valence-corrected chi connectivity index (χ4v) is 3.04. The van der Waals surface area contributed by atoms with Crippen molar-refractivity contribution in [3.63, 3.8) is 0 Å². The molecule has 0 saturated carbocycles. The number of methoxy groups -OCH3 is 1. The molecule has 116 valence electrons. The van der Waals surface area contributed by atoms with Gasteiger partial charge in [-0.3, -0.25) is 4.79 Å². The van der Waals surface area contributed by atoms with Crippen LogP contribution in [0.1, 0.15) is 6.92 Å². The molecule has 0 aliphatic rings. The van der Waals surface area contributed by atoms with Crippen molar-refractivity contribution in [1.29, 1.82) is 0 Å². The highest BCUT2D eigenvalue weighted by molar-refractivity contribution is 7.89. The molecule has 0 amide bonds. The molecular formula is C14H19NO5S. The number of hydrogen-bond donors (Lipinski definition) is 0. The maximum absolute atomic E-state index is 12.5. The van der Waals surface area contributed by atoms with E-state index in [9.17, 15) is 13.2 Å². The second-order valence-corrected chi connectivity index (χ2v) is 6.01. The van der Waals surface area contributed by atoms with E-state index in [1.807, 2.05) is 0 Å². The van der Waals surface area contributed by atoms with Crippen molar-refractivity contribution < 1.29 is 22.7 Å². The van der Waals surface area contributed by atoms with Crippen LogP contribution in [0.5, 0.6) is 5.75 Å². The number of carbonyl (C=O) groups excluding carboxylic acids is 1. The second kappa shape index (κ2) is 7.80. The van der Waals surface area contributed by atoms with Gasteiger partial charge in [-0.15, -0.1) is 6.58 Å². The lowest BCUT2D eigenvalue weighted by Crippen LogP contribution is -2.36. The van der Waals surface area contributed by atoms with Gasteiger partial charge in [0.25, 0.3) is 0 Å². The molecule has 0 radical (unpaired) electrons. The molecule has 1 aromatic carbocycles. The van der Waals surface area contributed by atoms with Crippen molar-refractivity contribution in [2.45, 2.75) is 11.8 Å². The normalized spacial score (nSPS) is 11.2. The Balaban J connectivity index is 3.08. The molecule has 0 aliphatic carbocycles. The third-order valence-electron chi connectivity index (χ3n) is 2.62. The maximum Gasteiger partial charge on any atom is 0.321 e. The number of ether oxygens (including phenoxy) is 2. The first-order valence-corrected chi connectivity index (χ1v) is 7.80. The Kier molecular flexibility index (Phi) is 6.39. The largest absolute Gasteiger partial charge is 0.497 e. The number of benzene rings is 1. The Hall–Kier alpha value is -1.86. The van der Waals surface area contributed by atoms with E-state index >= 15 is 0 Å². The average molecular weight is 313 g/mol. The lowest BCUT2D eigenvalue weighted by atomic mass is 10.3. The van der Waals surface area contributed by atoms with Crippen LogP contribution < -0.4 is 4.74 Å². The van der Waals surface area contributed by atoms with Gasteiger partial charge in [0.05, 0.1) is 18.6 Å².